The van der Waals surface area contributed by atoms with Gasteiger partial charge in [-0.2, -0.15) is 8.42 Å². The highest BCUT2D eigenvalue weighted by Crippen LogP contribution is 2.33. The molecule has 1 aliphatic rings. The molecule has 1 aliphatic heterocycles. The van der Waals surface area contributed by atoms with E-state index in [0.717, 1.165) is 0 Å². The number of fused-ring (bicyclic) bond motifs is 1. The number of halogens is 1. The molecule has 0 aromatic heterocycles. The van der Waals surface area contributed by atoms with E-state index in [1.807, 2.05) is 25.7 Å². The van der Waals surface area contributed by atoms with Crippen molar-refractivity contribution in [1.82, 2.24) is 4.90 Å². The van der Waals surface area contributed by atoms with E-state index in [0.29, 0.717) is 23.0 Å². The summed E-state index contributed by atoms with van der Waals surface area (Å²) in [5.74, 6) is 0.452. The van der Waals surface area contributed by atoms with Gasteiger partial charge in [0, 0.05) is 12.6 Å². The minimum atomic E-state index is -3.60. The summed E-state index contributed by atoms with van der Waals surface area (Å²) in [6.45, 7) is 6.63. The smallest absolute Gasteiger partial charge is 0.285 e. The molecule has 18 heavy (non-hydrogen) atoms. The molecule has 2 rings (SSSR count). The van der Waals surface area contributed by atoms with Crippen LogP contribution in [0.3, 0.4) is 0 Å². The summed E-state index contributed by atoms with van der Waals surface area (Å²) in [4.78, 5) is 2.12. The lowest BCUT2D eigenvalue weighted by Gasteiger charge is -2.27. The second kappa shape index (κ2) is 4.55. The number of hydrogen-bond acceptors (Lipinski definition) is 3. The average molecular weight is 287 g/mol. The predicted molar refractivity (Wildman–Crippen MR) is 72.7 cm³/mol. The van der Waals surface area contributed by atoms with Crippen molar-refractivity contribution in [1.29, 1.82) is 0 Å². The molecule has 0 atom stereocenters. The summed E-state index contributed by atoms with van der Waals surface area (Å²) < 4.78 is 27.8. The van der Waals surface area contributed by atoms with Gasteiger partial charge in [-0.1, -0.05) is 17.7 Å². The van der Waals surface area contributed by atoms with E-state index in [2.05, 4.69) is 4.40 Å². The van der Waals surface area contributed by atoms with Crippen LogP contribution in [0.2, 0.25) is 5.02 Å². The first kappa shape index (κ1) is 13.4. The van der Waals surface area contributed by atoms with Crippen LogP contribution in [0.4, 0.5) is 0 Å². The Hall–Kier alpha value is -1.07. The number of amidine groups is 1. The van der Waals surface area contributed by atoms with Crippen LogP contribution in [0, 0.1) is 0 Å². The van der Waals surface area contributed by atoms with Gasteiger partial charge in [0.05, 0.1) is 10.6 Å². The summed E-state index contributed by atoms with van der Waals surface area (Å²) in [5.41, 5.74) is 0.523. The van der Waals surface area contributed by atoms with Crippen molar-refractivity contribution in [3.8, 4) is 0 Å². The molecule has 0 N–H and O–H groups in total. The molecule has 0 bridgehead atoms. The average Bonchev–Trinajstić information content (AvgIpc) is 2.53. The van der Waals surface area contributed by atoms with Gasteiger partial charge in [-0.15, -0.1) is 4.40 Å². The van der Waals surface area contributed by atoms with Crippen LogP contribution in [0.1, 0.15) is 26.3 Å². The quantitative estimate of drug-likeness (QED) is 0.839. The van der Waals surface area contributed by atoms with Gasteiger partial charge in [0.15, 0.2) is 5.84 Å². The maximum absolute atomic E-state index is 12.0. The lowest BCUT2D eigenvalue weighted by atomic mass is 10.1. The molecular weight excluding hydrogens is 272 g/mol. The number of sulfonamides is 1. The third-order valence-electron chi connectivity index (χ3n) is 2.92. The van der Waals surface area contributed by atoms with E-state index in [-0.39, 0.29) is 10.9 Å². The third kappa shape index (κ3) is 2.01. The largest absolute Gasteiger partial charge is 0.353 e. The molecule has 0 unspecified atom stereocenters. The molecule has 0 amide bonds. The molecular formula is C12H15ClN2O2S. The highest BCUT2D eigenvalue weighted by atomic mass is 35.5. The Morgan fingerprint density at radius 1 is 1.39 bits per heavy atom. The van der Waals surface area contributed by atoms with E-state index < -0.39 is 10.0 Å². The topological polar surface area (TPSA) is 49.7 Å². The number of benzene rings is 1. The van der Waals surface area contributed by atoms with Gasteiger partial charge < -0.3 is 4.90 Å². The molecule has 4 nitrogen and oxygen atoms in total. The van der Waals surface area contributed by atoms with Crippen LogP contribution >= 0.6 is 11.6 Å². The monoisotopic (exact) mass is 286 g/mol. The highest BCUT2D eigenvalue weighted by Gasteiger charge is 2.33. The van der Waals surface area contributed by atoms with Crippen molar-refractivity contribution in [2.45, 2.75) is 31.7 Å². The van der Waals surface area contributed by atoms with Gasteiger partial charge in [0.2, 0.25) is 0 Å². The first-order valence-electron chi connectivity index (χ1n) is 5.79. The SMILES string of the molecule is CCN(C1=NS(=O)(=O)c2cccc(Cl)c21)C(C)C. The van der Waals surface area contributed by atoms with Gasteiger partial charge in [-0.05, 0) is 32.9 Å². The van der Waals surface area contributed by atoms with Gasteiger partial charge >= 0.3 is 0 Å². The second-order valence-electron chi connectivity index (χ2n) is 4.38. The molecule has 0 saturated carbocycles. The lowest BCUT2D eigenvalue weighted by Crippen LogP contribution is -2.36. The molecule has 0 fully saturated rings. The van der Waals surface area contributed by atoms with E-state index in [9.17, 15) is 8.42 Å². The molecule has 98 valence electrons. The third-order valence-corrected chi connectivity index (χ3v) is 4.54. The van der Waals surface area contributed by atoms with Crippen LogP contribution in [0.15, 0.2) is 27.5 Å². The zero-order valence-electron chi connectivity index (χ0n) is 10.5. The second-order valence-corrected chi connectivity index (χ2v) is 6.36. The molecule has 0 aliphatic carbocycles. The van der Waals surface area contributed by atoms with Gasteiger partial charge in [0.25, 0.3) is 10.0 Å². The maximum Gasteiger partial charge on any atom is 0.285 e. The Morgan fingerprint density at radius 2 is 2.06 bits per heavy atom. The fraction of sp³-hybridized carbons (Fsp3) is 0.417. The minimum absolute atomic E-state index is 0.158. The number of rotatable bonds is 2. The molecule has 0 spiro atoms. The van der Waals surface area contributed by atoms with E-state index in [1.54, 1.807) is 18.2 Å². The van der Waals surface area contributed by atoms with Crippen molar-refractivity contribution >= 4 is 27.5 Å². The molecule has 1 aromatic rings. The van der Waals surface area contributed by atoms with Gasteiger partial charge in [-0.25, -0.2) is 0 Å². The van der Waals surface area contributed by atoms with Crippen molar-refractivity contribution in [2.75, 3.05) is 6.54 Å². The molecule has 0 saturated heterocycles. The number of nitrogens with zero attached hydrogens (tertiary/aromatic N) is 2. The maximum atomic E-state index is 12.0. The summed E-state index contributed by atoms with van der Waals surface area (Å²) in [6.07, 6.45) is 0. The fourth-order valence-corrected chi connectivity index (χ4v) is 3.65. The first-order valence-corrected chi connectivity index (χ1v) is 7.60. The predicted octanol–water partition coefficient (Wildman–Crippen LogP) is 2.52. The Morgan fingerprint density at radius 3 is 2.61 bits per heavy atom. The summed E-state index contributed by atoms with van der Waals surface area (Å²) in [6, 6.07) is 5.01. The van der Waals surface area contributed by atoms with Crippen molar-refractivity contribution in [3.05, 3.63) is 28.8 Å². The van der Waals surface area contributed by atoms with Gasteiger partial charge in [0.1, 0.15) is 4.90 Å². The van der Waals surface area contributed by atoms with E-state index >= 15 is 0 Å². The van der Waals surface area contributed by atoms with Crippen LogP contribution in [0.5, 0.6) is 0 Å². The van der Waals surface area contributed by atoms with Crippen LogP contribution in [-0.4, -0.2) is 31.7 Å². The molecule has 6 heteroatoms. The highest BCUT2D eigenvalue weighted by molar-refractivity contribution is 7.90. The normalized spacial score (nSPS) is 16.6. The number of hydrogen-bond donors (Lipinski definition) is 0. The summed E-state index contributed by atoms with van der Waals surface area (Å²) >= 11 is 6.13. The Labute approximate surface area is 112 Å². The van der Waals surface area contributed by atoms with Crippen LogP contribution in [0.25, 0.3) is 0 Å². The van der Waals surface area contributed by atoms with E-state index in [1.165, 1.54) is 0 Å². The Bertz CT molecular complexity index is 609. The molecule has 0 radical (unpaired) electrons. The first-order chi connectivity index (χ1) is 8.38. The lowest BCUT2D eigenvalue weighted by molar-refractivity contribution is 0.368. The Kier molecular flexibility index (Phi) is 3.38. The fourth-order valence-electron chi connectivity index (χ4n) is 2.10. The van der Waals surface area contributed by atoms with Crippen LogP contribution < -0.4 is 0 Å². The zero-order chi connectivity index (χ0) is 13.5. The Balaban J connectivity index is 2.67. The minimum Gasteiger partial charge on any atom is -0.353 e. The zero-order valence-corrected chi connectivity index (χ0v) is 12.1. The summed E-state index contributed by atoms with van der Waals surface area (Å²) in [5, 5.41) is 0.423. The van der Waals surface area contributed by atoms with Crippen LogP contribution in [-0.2, 0) is 10.0 Å². The van der Waals surface area contributed by atoms with E-state index in [4.69, 9.17) is 11.6 Å². The van der Waals surface area contributed by atoms with Crippen molar-refractivity contribution < 1.29 is 8.42 Å². The van der Waals surface area contributed by atoms with Crippen molar-refractivity contribution in [3.63, 3.8) is 0 Å². The summed E-state index contributed by atoms with van der Waals surface area (Å²) in [7, 11) is -3.60. The van der Waals surface area contributed by atoms with Gasteiger partial charge in [-0.3, -0.25) is 0 Å². The molecule has 1 aromatic carbocycles. The van der Waals surface area contributed by atoms with Crippen molar-refractivity contribution in [2.24, 2.45) is 4.40 Å². The standard InChI is InChI=1S/C12H15ClN2O2S/c1-4-15(8(2)3)12-11-9(13)6-5-7-10(11)18(16,17)14-12/h5-8H,4H2,1-3H3. The molecule has 1 heterocycles.